The summed E-state index contributed by atoms with van der Waals surface area (Å²) in [6.45, 7) is 3.56. The van der Waals surface area contributed by atoms with Gasteiger partial charge in [0.05, 0.1) is 18.9 Å². The van der Waals surface area contributed by atoms with Crippen molar-refractivity contribution in [3.63, 3.8) is 0 Å². The molecule has 0 aliphatic carbocycles. The molecule has 0 spiro atoms. The van der Waals surface area contributed by atoms with Gasteiger partial charge >= 0.3 is 0 Å². The highest BCUT2D eigenvalue weighted by Gasteiger charge is 2.10. The van der Waals surface area contributed by atoms with Gasteiger partial charge in [-0.3, -0.25) is 4.99 Å². The maximum absolute atomic E-state index is 5.37. The fraction of sp³-hybridized carbons (Fsp3) is 0.312. The second kappa shape index (κ2) is 5.92. The predicted molar refractivity (Wildman–Crippen MR) is 82.1 cm³/mol. The van der Waals surface area contributed by atoms with Crippen molar-refractivity contribution in [3.8, 4) is 0 Å². The Kier molecular flexibility index (Phi) is 3.83. The van der Waals surface area contributed by atoms with E-state index in [-0.39, 0.29) is 0 Å². The van der Waals surface area contributed by atoms with E-state index in [1.165, 1.54) is 5.69 Å². The Morgan fingerprint density at radius 1 is 1.10 bits per heavy atom. The molecule has 1 saturated heterocycles. The summed E-state index contributed by atoms with van der Waals surface area (Å²) in [7, 11) is 2.01. The second-order valence-corrected chi connectivity index (χ2v) is 4.98. The summed E-state index contributed by atoms with van der Waals surface area (Å²) in [6, 6.07) is 10.4. The maximum atomic E-state index is 5.37. The first kappa shape index (κ1) is 12.9. The summed E-state index contributed by atoms with van der Waals surface area (Å²) in [5.41, 5.74) is 3.34. The van der Waals surface area contributed by atoms with Crippen molar-refractivity contribution in [1.82, 2.24) is 4.57 Å². The Hall–Kier alpha value is -2.07. The highest BCUT2D eigenvalue weighted by atomic mass is 16.5. The number of aryl methyl sites for hydroxylation is 1. The lowest BCUT2D eigenvalue weighted by molar-refractivity contribution is 0.122. The molecule has 20 heavy (non-hydrogen) atoms. The van der Waals surface area contributed by atoms with Gasteiger partial charge in [0, 0.05) is 50.0 Å². The Balaban J connectivity index is 1.68. The first-order chi connectivity index (χ1) is 9.81. The molecular formula is C16H19N3O. The molecule has 1 aromatic heterocycles. The minimum Gasteiger partial charge on any atom is -0.378 e. The summed E-state index contributed by atoms with van der Waals surface area (Å²) in [5.74, 6) is 0. The molecule has 104 valence electrons. The number of hydrogen-bond acceptors (Lipinski definition) is 3. The van der Waals surface area contributed by atoms with Crippen molar-refractivity contribution in [2.45, 2.75) is 0 Å². The van der Waals surface area contributed by atoms with Crippen LogP contribution in [0.15, 0.2) is 47.7 Å². The van der Waals surface area contributed by atoms with E-state index >= 15 is 0 Å². The van der Waals surface area contributed by atoms with Crippen LogP contribution >= 0.6 is 0 Å². The van der Waals surface area contributed by atoms with Crippen LogP contribution in [0.2, 0.25) is 0 Å². The van der Waals surface area contributed by atoms with Crippen LogP contribution in [0.4, 0.5) is 11.4 Å². The lowest BCUT2D eigenvalue weighted by Crippen LogP contribution is -2.36. The van der Waals surface area contributed by atoms with Gasteiger partial charge in [-0.15, -0.1) is 0 Å². The molecule has 0 unspecified atom stereocenters. The first-order valence-electron chi connectivity index (χ1n) is 6.90. The third-order valence-electron chi connectivity index (χ3n) is 3.44. The van der Waals surface area contributed by atoms with E-state index in [2.05, 4.69) is 34.2 Å². The van der Waals surface area contributed by atoms with Crippen LogP contribution in [0.5, 0.6) is 0 Å². The summed E-state index contributed by atoms with van der Waals surface area (Å²) >= 11 is 0. The molecule has 0 saturated carbocycles. The predicted octanol–water partition coefficient (Wildman–Crippen LogP) is 2.61. The molecule has 0 atom stereocenters. The molecule has 1 aliphatic heterocycles. The quantitative estimate of drug-likeness (QED) is 0.802. The van der Waals surface area contributed by atoms with Crippen molar-refractivity contribution >= 4 is 17.6 Å². The Labute approximate surface area is 119 Å². The Bertz CT molecular complexity index is 580. The van der Waals surface area contributed by atoms with Crippen molar-refractivity contribution in [2.24, 2.45) is 12.0 Å². The van der Waals surface area contributed by atoms with Crippen LogP contribution in [0.3, 0.4) is 0 Å². The van der Waals surface area contributed by atoms with Crippen LogP contribution in [0, 0.1) is 0 Å². The number of nitrogens with zero attached hydrogens (tertiary/aromatic N) is 3. The lowest BCUT2D eigenvalue weighted by Gasteiger charge is -2.28. The van der Waals surface area contributed by atoms with E-state index in [1.807, 2.05) is 36.3 Å². The zero-order valence-electron chi connectivity index (χ0n) is 11.7. The Morgan fingerprint density at radius 3 is 2.50 bits per heavy atom. The maximum Gasteiger partial charge on any atom is 0.0642 e. The van der Waals surface area contributed by atoms with Gasteiger partial charge in [-0.05, 0) is 30.3 Å². The number of ether oxygens (including phenoxy) is 1. The number of anilines is 1. The van der Waals surface area contributed by atoms with Crippen molar-refractivity contribution in [3.05, 3.63) is 48.3 Å². The minimum atomic E-state index is 0.813. The number of aromatic nitrogens is 1. The summed E-state index contributed by atoms with van der Waals surface area (Å²) in [5, 5.41) is 0. The number of benzene rings is 1. The average molecular weight is 269 g/mol. The van der Waals surface area contributed by atoms with Crippen molar-refractivity contribution in [2.75, 3.05) is 31.2 Å². The van der Waals surface area contributed by atoms with Gasteiger partial charge in [0.2, 0.25) is 0 Å². The molecule has 2 heterocycles. The van der Waals surface area contributed by atoms with Gasteiger partial charge in [0.15, 0.2) is 0 Å². The number of aliphatic imine (C=N–C) groups is 1. The largest absolute Gasteiger partial charge is 0.378 e. The molecule has 2 aromatic rings. The van der Waals surface area contributed by atoms with Crippen LogP contribution < -0.4 is 4.90 Å². The van der Waals surface area contributed by atoms with Gasteiger partial charge in [-0.2, -0.15) is 0 Å². The minimum absolute atomic E-state index is 0.813. The molecule has 3 rings (SSSR count). The summed E-state index contributed by atoms with van der Waals surface area (Å²) < 4.78 is 7.38. The number of rotatable bonds is 3. The van der Waals surface area contributed by atoms with E-state index < -0.39 is 0 Å². The van der Waals surface area contributed by atoms with Crippen LogP contribution in [0.25, 0.3) is 0 Å². The van der Waals surface area contributed by atoms with Crippen molar-refractivity contribution < 1.29 is 4.74 Å². The molecule has 4 heteroatoms. The second-order valence-electron chi connectivity index (χ2n) is 4.98. The topological polar surface area (TPSA) is 29.8 Å². The number of morpholine rings is 1. The van der Waals surface area contributed by atoms with Gasteiger partial charge < -0.3 is 14.2 Å². The van der Waals surface area contributed by atoms with Crippen LogP contribution in [-0.4, -0.2) is 37.1 Å². The fourth-order valence-corrected chi connectivity index (χ4v) is 2.32. The van der Waals surface area contributed by atoms with E-state index in [0.717, 1.165) is 37.6 Å². The Morgan fingerprint density at radius 2 is 1.85 bits per heavy atom. The molecule has 0 bridgehead atoms. The monoisotopic (exact) mass is 269 g/mol. The molecule has 1 fully saturated rings. The average Bonchev–Trinajstić information content (AvgIpc) is 2.92. The van der Waals surface area contributed by atoms with Gasteiger partial charge in [-0.25, -0.2) is 0 Å². The summed E-state index contributed by atoms with van der Waals surface area (Å²) in [6.07, 6.45) is 5.96. The van der Waals surface area contributed by atoms with Crippen LogP contribution in [-0.2, 0) is 11.8 Å². The smallest absolute Gasteiger partial charge is 0.0642 e. The first-order valence-corrected chi connectivity index (χ1v) is 6.90. The normalized spacial score (nSPS) is 15.9. The lowest BCUT2D eigenvalue weighted by atomic mass is 10.2. The third kappa shape index (κ3) is 3.08. The molecule has 0 radical (unpaired) electrons. The van der Waals surface area contributed by atoms with Gasteiger partial charge in [0.1, 0.15) is 0 Å². The molecule has 0 N–H and O–H groups in total. The van der Waals surface area contributed by atoms with Gasteiger partial charge in [-0.1, -0.05) is 0 Å². The third-order valence-corrected chi connectivity index (χ3v) is 3.44. The molecule has 0 amide bonds. The van der Waals surface area contributed by atoms with E-state index in [9.17, 15) is 0 Å². The highest BCUT2D eigenvalue weighted by Crippen LogP contribution is 2.20. The molecule has 1 aliphatic rings. The van der Waals surface area contributed by atoms with E-state index in [1.54, 1.807) is 0 Å². The van der Waals surface area contributed by atoms with Crippen LogP contribution in [0.1, 0.15) is 5.56 Å². The fourth-order valence-electron chi connectivity index (χ4n) is 2.32. The van der Waals surface area contributed by atoms with Crippen molar-refractivity contribution in [1.29, 1.82) is 0 Å². The SMILES string of the molecule is Cn1ccc(C=Nc2ccc(N3CCOCC3)cc2)c1. The van der Waals surface area contributed by atoms with Gasteiger partial charge in [0.25, 0.3) is 0 Å². The molecule has 1 aromatic carbocycles. The van der Waals surface area contributed by atoms with E-state index in [4.69, 9.17) is 4.74 Å². The molecule has 4 nitrogen and oxygen atoms in total. The van der Waals surface area contributed by atoms with E-state index in [0.29, 0.717) is 0 Å². The molecular weight excluding hydrogens is 250 g/mol. The number of hydrogen-bond donors (Lipinski definition) is 0. The highest BCUT2D eigenvalue weighted by molar-refractivity contribution is 5.81. The zero-order chi connectivity index (χ0) is 13.8. The standard InChI is InChI=1S/C16H19N3O/c1-18-7-6-14(13-18)12-17-15-2-4-16(5-3-15)19-8-10-20-11-9-19/h2-7,12-13H,8-11H2,1H3. The summed E-state index contributed by atoms with van der Waals surface area (Å²) in [4.78, 5) is 6.84. The zero-order valence-corrected chi connectivity index (χ0v) is 11.7.